The first-order valence-corrected chi connectivity index (χ1v) is 4.38. The fraction of sp³-hybridized carbons (Fsp3) is 0.500. The van der Waals surface area contributed by atoms with E-state index in [0.29, 0.717) is 18.7 Å². The van der Waals surface area contributed by atoms with Crippen molar-refractivity contribution < 1.29 is 13.2 Å². The molecule has 0 saturated heterocycles. The summed E-state index contributed by atoms with van der Waals surface area (Å²) in [6.07, 6.45) is -4.19. The molecular formula is C8H8F3N3O. The standard InChI is InChI=1S/C8H8F3N3O/c9-8(10,11)6-4-3-12-2-1-5(4)13-7(15)14-6/h12H,1-3H2,(H,13,14,15). The largest absolute Gasteiger partial charge is 0.433 e. The van der Waals surface area contributed by atoms with Crippen LogP contribution in [0.5, 0.6) is 0 Å². The van der Waals surface area contributed by atoms with Crippen molar-refractivity contribution in [2.75, 3.05) is 6.54 Å². The van der Waals surface area contributed by atoms with Crippen LogP contribution in [0.25, 0.3) is 0 Å². The minimum atomic E-state index is -4.57. The molecule has 0 fully saturated rings. The molecule has 4 nitrogen and oxygen atoms in total. The first-order chi connectivity index (χ1) is 6.98. The Morgan fingerprint density at radius 1 is 1.33 bits per heavy atom. The Kier molecular flexibility index (Phi) is 2.26. The van der Waals surface area contributed by atoms with Gasteiger partial charge < -0.3 is 10.3 Å². The molecule has 0 spiro atoms. The van der Waals surface area contributed by atoms with E-state index < -0.39 is 17.6 Å². The van der Waals surface area contributed by atoms with Crippen LogP contribution in [0.1, 0.15) is 17.0 Å². The summed E-state index contributed by atoms with van der Waals surface area (Å²) in [4.78, 5) is 16.2. The second-order valence-corrected chi connectivity index (χ2v) is 3.27. The highest BCUT2D eigenvalue weighted by Gasteiger charge is 2.37. The predicted octanol–water partition coefficient (Wildman–Crippen LogP) is 0.434. The van der Waals surface area contributed by atoms with Crippen LogP contribution < -0.4 is 11.0 Å². The van der Waals surface area contributed by atoms with Crippen molar-refractivity contribution in [1.29, 1.82) is 0 Å². The molecule has 0 aromatic carbocycles. The van der Waals surface area contributed by atoms with Crippen LogP contribution in [0.3, 0.4) is 0 Å². The monoisotopic (exact) mass is 219 g/mol. The number of hydrogen-bond acceptors (Lipinski definition) is 3. The number of alkyl halides is 3. The summed E-state index contributed by atoms with van der Waals surface area (Å²) in [5.41, 5.74) is -1.63. The SMILES string of the molecule is O=c1nc(C(F)(F)F)c2c([nH]1)CCNC2. The molecule has 1 aromatic heterocycles. The van der Waals surface area contributed by atoms with E-state index in [4.69, 9.17) is 0 Å². The van der Waals surface area contributed by atoms with E-state index in [1.54, 1.807) is 0 Å². The minimum absolute atomic E-state index is 0.0494. The van der Waals surface area contributed by atoms with Crippen LogP contribution in [0.15, 0.2) is 4.79 Å². The Labute approximate surface area is 82.5 Å². The number of rotatable bonds is 0. The second kappa shape index (κ2) is 3.34. The normalized spacial score (nSPS) is 16.2. The number of nitrogens with zero attached hydrogens (tertiary/aromatic N) is 1. The van der Waals surface area contributed by atoms with Crippen molar-refractivity contribution in [3.8, 4) is 0 Å². The van der Waals surface area contributed by atoms with E-state index >= 15 is 0 Å². The zero-order chi connectivity index (χ0) is 11.1. The van der Waals surface area contributed by atoms with E-state index in [1.165, 1.54) is 0 Å². The maximum atomic E-state index is 12.5. The van der Waals surface area contributed by atoms with Crippen molar-refractivity contribution in [3.63, 3.8) is 0 Å². The summed E-state index contributed by atoms with van der Waals surface area (Å²) in [7, 11) is 0. The number of aromatic amines is 1. The van der Waals surface area contributed by atoms with Gasteiger partial charge in [-0.2, -0.15) is 18.2 Å². The van der Waals surface area contributed by atoms with Gasteiger partial charge in [-0.05, 0) is 0 Å². The maximum Gasteiger partial charge on any atom is 0.433 e. The lowest BCUT2D eigenvalue weighted by atomic mass is 10.1. The van der Waals surface area contributed by atoms with Crippen LogP contribution in [-0.2, 0) is 19.1 Å². The molecular weight excluding hydrogens is 211 g/mol. The van der Waals surface area contributed by atoms with Crippen molar-refractivity contribution in [2.24, 2.45) is 0 Å². The number of nitrogens with one attached hydrogen (secondary N) is 2. The molecule has 15 heavy (non-hydrogen) atoms. The van der Waals surface area contributed by atoms with E-state index in [9.17, 15) is 18.0 Å². The van der Waals surface area contributed by atoms with Gasteiger partial charge in [0.1, 0.15) is 0 Å². The van der Waals surface area contributed by atoms with Gasteiger partial charge in [0, 0.05) is 30.8 Å². The highest BCUT2D eigenvalue weighted by Crippen LogP contribution is 2.31. The highest BCUT2D eigenvalue weighted by atomic mass is 19.4. The zero-order valence-corrected chi connectivity index (χ0v) is 7.61. The molecule has 2 rings (SSSR count). The van der Waals surface area contributed by atoms with E-state index in [1.807, 2.05) is 0 Å². The van der Waals surface area contributed by atoms with E-state index in [0.717, 1.165) is 0 Å². The van der Waals surface area contributed by atoms with Crippen LogP contribution in [0.2, 0.25) is 0 Å². The van der Waals surface area contributed by atoms with Crippen LogP contribution in [0, 0.1) is 0 Å². The molecule has 2 N–H and O–H groups in total. The van der Waals surface area contributed by atoms with Crippen LogP contribution in [-0.4, -0.2) is 16.5 Å². The van der Waals surface area contributed by atoms with Gasteiger partial charge in [0.05, 0.1) is 0 Å². The number of aromatic nitrogens is 2. The topological polar surface area (TPSA) is 57.8 Å². The van der Waals surface area contributed by atoms with Gasteiger partial charge >= 0.3 is 11.9 Å². The smallest absolute Gasteiger partial charge is 0.312 e. The van der Waals surface area contributed by atoms with E-state index in [-0.39, 0.29) is 12.1 Å². The Morgan fingerprint density at radius 2 is 2.07 bits per heavy atom. The molecule has 0 bridgehead atoms. The summed E-state index contributed by atoms with van der Waals surface area (Å²) in [5, 5.41) is 2.81. The zero-order valence-electron chi connectivity index (χ0n) is 7.61. The molecule has 7 heteroatoms. The Balaban J connectivity index is 2.63. The van der Waals surface area contributed by atoms with Crippen molar-refractivity contribution >= 4 is 0 Å². The number of halogens is 3. The third-order valence-corrected chi connectivity index (χ3v) is 2.24. The molecule has 0 unspecified atom stereocenters. The average molecular weight is 219 g/mol. The van der Waals surface area contributed by atoms with Crippen LogP contribution in [0.4, 0.5) is 13.2 Å². The summed E-state index contributed by atoms with van der Waals surface area (Å²) in [6.45, 7) is 0.651. The third kappa shape index (κ3) is 1.87. The van der Waals surface area contributed by atoms with Gasteiger partial charge in [-0.15, -0.1) is 0 Å². The number of hydrogen-bond donors (Lipinski definition) is 2. The molecule has 0 radical (unpaired) electrons. The van der Waals surface area contributed by atoms with Gasteiger partial charge in [-0.1, -0.05) is 0 Å². The minimum Gasteiger partial charge on any atom is -0.312 e. The lowest BCUT2D eigenvalue weighted by Crippen LogP contribution is -2.32. The summed E-state index contributed by atoms with van der Waals surface area (Å²) >= 11 is 0. The lowest BCUT2D eigenvalue weighted by molar-refractivity contribution is -0.142. The van der Waals surface area contributed by atoms with Gasteiger partial charge in [-0.3, -0.25) is 0 Å². The molecule has 0 amide bonds. The second-order valence-electron chi connectivity index (χ2n) is 3.27. The highest BCUT2D eigenvalue weighted by molar-refractivity contribution is 5.28. The summed E-state index contributed by atoms with van der Waals surface area (Å²) in [5.74, 6) is 0. The molecule has 0 saturated carbocycles. The number of fused-ring (bicyclic) bond motifs is 1. The average Bonchev–Trinajstić information content (AvgIpc) is 2.15. The van der Waals surface area contributed by atoms with Gasteiger partial charge in [-0.25, -0.2) is 4.79 Å². The van der Waals surface area contributed by atoms with Gasteiger partial charge in [0.2, 0.25) is 0 Å². The molecule has 1 aromatic rings. The number of H-pyrrole nitrogens is 1. The van der Waals surface area contributed by atoms with Crippen molar-refractivity contribution in [3.05, 3.63) is 27.4 Å². The fourth-order valence-corrected chi connectivity index (χ4v) is 1.61. The molecule has 0 atom stereocenters. The maximum absolute atomic E-state index is 12.5. The Morgan fingerprint density at radius 3 is 2.73 bits per heavy atom. The molecule has 1 aliphatic rings. The molecule has 1 aliphatic heterocycles. The first kappa shape index (κ1) is 10.2. The molecule has 82 valence electrons. The third-order valence-electron chi connectivity index (χ3n) is 2.24. The molecule has 0 aliphatic carbocycles. The van der Waals surface area contributed by atoms with E-state index in [2.05, 4.69) is 15.3 Å². The van der Waals surface area contributed by atoms with Gasteiger partial charge in [0.15, 0.2) is 5.69 Å². The lowest BCUT2D eigenvalue weighted by Gasteiger charge is -2.19. The Bertz CT molecular complexity index is 438. The quantitative estimate of drug-likeness (QED) is 0.665. The van der Waals surface area contributed by atoms with Gasteiger partial charge in [0.25, 0.3) is 0 Å². The fourth-order valence-electron chi connectivity index (χ4n) is 1.61. The van der Waals surface area contributed by atoms with Crippen LogP contribution >= 0.6 is 0 Å². The first-order valence-electron chi connectivity index (χ1n) is 4.38. The summed E-state index contributed by atoms with van der Waals surface area (Å²) in [6, 6.07) is 0. The summed E-state index contributed by atoms with van der Waals surface area (Å²) < 4.78 is 37.5. The van der Waals surface area contributed by atoms with Crippen molar-refractivity contribution in [2.45, 2.75) is 19.1 Å². The Hall–Kier alpha value is -1.37. The van der Waals surface area contributed by atoms with Crippen molar-refractivity contribution in [1.82, 2.24) is 15.3 Å². The predicted molar refractivity (Wildman–Crippen MR) is 45.3 cm³/mol. The molecule has 2 heterocycles.